The van der Waals surface area contributed by atoms with E-state index < -0.39 is 15.9 Å². The van der Waals surface area contributed by atoms with Crippen LogP contribution in [0.25, 0.3) is 0 Å². The van der Waals surface area contributed by atoms with Gasteiger partial charge in [-0.15, -0.1) is 0 Å². The standard InChI is InChI=1S/C11H18N4O3S/c1-14-8-9(7-10(14)11(16)13-12)19(17,18)15-5-3-2-4-6-15/h7-8H,2-6,12H2,1H3,(H,13,16). The number of nitrogens with zero attached hydrogens (tertiary/aromatic N) is 2. The third kappa shape index (κ3) is 2.65. The van der Waals surface area contributed by atoms with Gasteiger partial charge < -0.3 is 4.57 Å². The van der Waals surface area contributed by atoms with Crippen LogP contribution in [0.4, 0.5) is 0 Å². The third-order valence-corrected chi connectivity index (χ3v) is 5.16. The number of hydrazine groups is 1. The van der Waals surface area contributed by atoms with E-state index in [1.165, 1.54) is 21.1 Å². The van der Waals surface area contributed by atoms with Crippen LogP contribution in [-0.4, -0.2) is 36.3 Å². The highest BCUT2D eigenvalue weighted by Crippen LogP contribution is 2.22. The van der Waals surface area contributed by atoms with Gasteiger partial charge in [0.05, 0.1) is 0 Å². The van der Waals surface area contributed by atoms with Gasteiger partial charge in [-0.05, 0) is 18.9 Å². The maximum atomic E-state index is 12.4. The zero-order valence-electron chi connectivity index (χ0n) is 10.8. The van der Waals surface area contributed by atoms with Gasteiger partial charge in [-0.1, -0.05) is 6.42 Å². The largest absolute Gasteiger partial charge is 0.345 e. The summed E-state index contributed by atoms with van der Waals surface area (Å²) >= 11 is 0. The summed E-state index contributed by atoms with van der Waals surface area (Å²) in [5.74, 6) is 4.55. The Morgan fingerprint density at radius 3 is 2.53 bits per heavy atom. The van der Waals surface area contributed by atoms with Crippen LogP contribution in [0, 0.1) is 0 Å². The molecule has 3 N–H and O–H groups in total. The quantitative estimate of drug-likeness (QED) is 0.457. The first-order chi connectivity index (χ1) is 8.96. The number of piperidine rings is 1. The van der Waals surface area contributed by atoms with Crippen molar-refractivity contribution in [3.05, 3.63) is 18.0 Å². The van der Waals surface area contributed by atoms with Gasteiger partial charge in [0.15, 0.2) is 0 Å². The summed E-state index contributed by atoms with van der Waals surface area (Å²) in [6, 6.07) is 1.35. The number of aryl methyl sites for hydroxylation is 1. The van der Waals surface area contributed by atoms with Gasteiger partial charge >= 0.3 is 0 Å². The van der Waals surface area contributed by atoms with Crippen molar-refractivity contribution in [2.24, 2.45) is 12.9 Å². The van der Waals surface area contributed by atoms with E-state index in [-0.39, 0.29) is 10.6 Å². The molecule has 0 saturated carbocycles. The lowest BCUT2D eigenvalue weighted by Gasteiger charge is -2.25. The van der Waals surface area contributed by atoms with Gasteiger partial charge in [0.1, 0.15) is 10.6 Å². The fraction of sp³-hybridized carbons (Fsp3) is 0.545. The second kappa shape index (κ2) is 5.32. The molecule has 19 heavy (non-hydrogen) atoms. The van der Waals surface area contributed by atoms with Crippen molar-refractivity contribution in [3.63, 3.8) is 0 Å². The third-order valence-electron chi connectivity index (χ3n) is 3.30. The normalized spacial score (nSPS) is 17.4. The number of sulfonamides is 1. The fourth-order valence-corrected chi connectivity index (χ4v) is 3.82. The van der Waals surface area contributed by atoms with Crippen LogP contribution >= 0.6 is 0 Å². The average molecular weight is 286 g/mol. The molecule has 1 aliphatic rings. The molecule has 1 aliphatic heterocycles. The molecule has 0 unspecified atom stereocenters. The Morgan fingerprint density at radius 2 is 1.95 bits per heavy atom. The summed E-state index contributed by atoms with van der Waals surface area (Å²) in [5, 5.41) is 0. The molecular weight excluding hydrogens is 268 g/mol. The topological polar surface area (TPSA) is 97.4 Å². The summed E-state index contributed by atoms with van der Waals surface area (Å²) in [4.78, 5) is 11.6. The van der Waals surface area contributed by atoms with Crippen molar-refractivity contribution in [1.82, 2.24) is 14.3 Å². The molecule has 1 aromatic rings. The van der Waals surface area contributed by atoms with Crippen LogP contribution < -0.4 is 11.3 Å². The molecule has 0 atom stereocenters. The minimum absolute atomic E-state index is 0.135. The van der Waals surface area contributed by atoms with Crippen LogP contribution in [0.3, 0.4) is 0 Å². The minimum Gasteiger partial charge on any atom is -0.345 e. The Hall–Kier alpha value is -1.38. The lowest BCUT2D eigenvalue weighted by Crippen LogP contribution is -2.35. The van der Waals surface area contributed by atoms with Crippen molar-refractivity contribution < 1.29 is 13.2 Å². The van der Waals surface area contributed by atoms with Crippen LogP contribution in [0.1, 0.15) is 29.8 Å². The summed E-state index contributed by atoms with van der Waals surface area (Å²) in [7, 11) is -1.90. The highest BCUT2D eigenvalue weighted by Gasteiger charge is 2.28. The van der Waals surface area contributed by atoms with E-state index >= 15 is 0 Å². The predicted octanol–water partition coefficient (Wildman–Crippen LogP) is -0.197. The number of carbonyl (C=O) groups is 1. The number of hydrogen-bond donors (Lipinski definition) is 2. The van der Waals surface area contributed by atoms with Gasteiger partial charge in [0, 0.05) is 26.3 Å². The van der Waals surface area contributed by atoms with Crippen molar-refractivity contribution in [2.45, 2.75) is 24.2 Å². The van der Waals surface area contributed by atoms with Crippen LogP contribution in [0.5, 0.6) is 0 Å². The number of nitrogen functional groups attached to an aromatic ring is 1. The molecule has 106 valence electrons. The monoisotopic (exact) mass is 286 g/mol. The Balaban J connectivity index is 2.33. The molecule has 1 fully saturated rings. The van der Waals surface area contributed by atoms with Crippen molar-refractivity contribution in [2.75, 3.05) is 13.1 Å². The van der Waals surface area contributed by atoms with Gasteiger partial charge in [-0.3, -0.25) is 10.2 Å². The maximum Gasteiger partial charge on any atom is 0.281 e. The first-order valence-corrected chi connectivity index (χ1v) is 7.58. The van der Waals surface area contributed by atoms with Gasteiger partial charge in [0.25, 0.3) is 5.91 Å². The first kappa shape index (κ1) is 14.0. The summed E-state index contributed by atoms with van der Waals surface area (Å²) in [6.07, 6.45) is 4.25. The molecule has 2 heterocycles. The number of carbonyl (C=O) groups excluding carboxylic acids is 1. The predicted molar refractivity (Wildman–Crippen MR) is 69.7 cm³/mol. The smallest absolute Gasteiger partial charge is 0.281 e. The maximum absolute atomic E-state index is 12.4. The summed E-state index contributed by atoms with van der Waals surface area (Å²) in [5.41, 5.74) is 2.22. The van der Waals surface area contributed by atoms with Crippen LogP contribution in [0.15, 0.2) is 17.2 Å². The molecule has 0 spiro atoms. The molecule has 1 aromatic heterocycles. The van der Waals surface area contributed by atoms with Crippen molar-refractivity contribution in [3.8, 4) is 0 Å². The molecule has 0 aromatic carbocycles. The lowest BCUT2D eigenvalue weighted by molar-refractivity contribution is 0.0945. The first-order valence-electron chi connectivity index (χ1n) is 6.14. The van der Waals surface area contributed by atoms with E-state index in [9.17, 15) is 13.2 Å². The molecule has 2 rings (SSSR count). The van der Waals surface area contributed by atoms with Gasteiger partial charge in [0.2, 0.25) is 10.0 Å². The number of hydrogen-bond acceptors (Lipinski definition) is 4. The molecule has 0 aliphatic carbocycles. The number of rotatable bonds is 3. The molecule has 0 radical (unpaired) electrons. The average Bonchev–Trinajstić information content (AvgIpc) is 2.81. The zero-order valence-corrected chi connectivity index (χ0v) is 11.6. The summed E-state index contributed by atoms with van der Waals surface area (Å²) < 4.78 is 27.8. The van der Waals surface area contributed by atoms with E-state index in [4.69, 9.17) is 5.84 Å². The zero-order chi connectivity index (χ0) is 14.0. The Morgan fingerprint density at radius 1 is 1.32 bits per heavy atom. The van der Waals surface area contributed by atoms with Crippen molar-refractivity contribution in [1.29, 1.82) is 0 Å². The molecular formula is C11H18N4O3S. The van der Waals surface area contributed by atoms with E-state index in [1.54, 1.807) is 7.05 Å². The highest BCUT2D eigenvalue weighted by atomic mass is 32.2. The highest BCUT2D eigenvalue weighted by molar-refractivity contribution is 7.89. The molecule has 1 amide bonds. The molecule has 7 nitrogen and oxygen atoms in total. The Kier molecular flexibility index (Phi) is 3.93. The fourth-order valence-electron chi connectivity index (χ4n) is 2.23. The summed E-state index contributed by atoms with van der Waals surface area (Å²) in [6.45, 7) is 1.07. The minimum atomic E-state index is -3.51. The second-order valence-electron chi connectivity index (χ2n) is 4.61. The van der Waals surface area contributed by atoms with E-state index in [1.807, 2.05) is 5.43 Å². The number of amides is 1. The number of aromatic nitrogens is 1. The van der Waals surface area contributed by atoms with Gasteiger partial charge in [-0.25, -0.2) is 14.3 Å². The van der Waals surface area contributed by atoms with E-state index in [0.717, 1.165) is 19.3 Å². The number of nitrogens with two attached hydrogens (primary N) is 1. The second-order valence-corrected chi connectivity index (χ2v) is 6.55. The lowest BCUT2D eigenvalue weighted by atomic mass is 10.2. The Bertz CT molecular complexity index is 573. The van der Waals surface area contributed by atoms with E-state index in [0.29, 0.717) is 13.1 Å². The van der Waals surface area contributed by atoms with Crippen LogP contribution in [-0.2, 0) is 17.1 Å². The Labute approximate surface area is 112 Å². The SMILES string of the molecule is Cn1cc(S(=O)(=O)N2CCCCC2)cc1C(=O)NN. The van der Waals surface area contributed by atoms with Crippen molar-refractivity contribution >= 4 is 15.9 Å². The number of nitrogens with one attached hydrogen (secondary N) is 1. The van der Waals surface area contributed by atoms with Gasteiger partial charge in [-0.2, -0.15) is 4.31 Å². The molecule has 8 heteroatoms. The van der Waals surface area contributed by atoms with Crippen LogP contribution in [0.2, 0.25) is 0 Å². The van der Waals surface area contributed by atoms with E-state index in [2.05, 4.69) is 0 Å². The molecule has 1 saturated heterocycles. The molecule has 0 bridgehead atoms.